The van der Waals surface area contributed by atoms with Gasteiger partial charge in [-0.25, -0.2) is 9.18 Å². The molecule has 0 bridgehead atoms. The minimum absolute atomic E-state index is 0.235. The zero-order valence-electron chi connectivity index (χ0n) is 8.82. The summed E-state index contributed by atoms with van der Waals surface area (Å²) in [6.45, 7) is 1.25. The summed E-state index contributed by atoms with van der Waals surface area (Å²) in [6.07, 6.45) is 3.44. The molecule has 3 nitrogen and oxygen atoms in total. The zero-order chi connectivity index (χ0) is 11.8. The molecule has 0 radical (unpaired) electrons. The first kappa shape index (κ1) is 12.4. The average Bonchev–Trinajstić information content (AvgIpc) is 2.25. The first-order valence-electron chi connectivity index (χ1n) is 5.03. The van der Waals surface area contributed by atoms with Crippen LogP contribution in [0.15, 0.2) is 36.4 Å². The van der Waals surface area contributed by atoms with Gasteiger partial charge < -0.3 is 10.4 Å². The second-order valence-electron chi connectivity index (χ2n) is 3.32. The van der Waals surface area contributed by atoms with E-state index in [0.29, 0.717) is 6.54 Å². The van der Waals surface area contributed by atoms with Crippen molar-refractivity contribution in [1.82, 2.24) is 5.32 Å². The summed E-state index contributed by atoms with van der Waals surface area (Å²) in [6, 6.07) is 6.34. The maximum absolute atomic E-state index is 12.6. The van der Waals surface area contributed by atoms with Crippen molar-refractivity contribution in [3.05, 3.63) is 47.8 Å². The Morgan fingerprint density at radius 3 is 2.69 bits per heavy atom. The number of carboxylic acid groups (broad SMARTS) is 1. The van der Waals surface area contributed by atoms with Crippen LogP contribution in [-0.2, 0) is 11.2 Å². The lowest BCUT2D eigenvalue weighted by Crippen LogP contribution is -2.17. The molecule has 0 aliphatic heterocycles. The highest BCUT2D eigenvalue weighted by Gasteiger charge is 1.93. The van der Waals surface area contributed by atoms with E-state index in [1.807, 2.05) is 0 Å². The summed E-state index contributed by atoms with van der Waals surface area (Å²) in [7, 11) is 0. The Morgan fingerprint density at radius 1 is 1.38 bits per heavy atom. The SMILES string of the molecule is O=C(O)/C=C/CNCCc1ccc(F)cc1. The van der Waals surface area contributed by atoms with Crippen LogP contribution in [0.4, 0.5) is 4.39 Å². The smallest absolute Gasteiger partial charge is 0.328 e. The van der Waals surface area contributed by atoms with Gasteiger partial charge in [-0.3, -0.25) is 0 Å². The van der Waals surface area contributed by atoms with Gasteiger partial charge in [0.15, 0.2) is 0 Å². The van der Waals surface area contributed by atoms with Gasteiger partial charge in [-0.1, -0.05) is 18.2 Å². The normalized spacial score (nSPS) is 10.8. The van der Waals surface area contributed by atoms with Crippen molar-refractivity contribution < 1.29 is 14.3 Å². The van der Waals surface area contributed by atoms with Gasteiger partial charge in [0, 0.05) is 12.6 Å². The highest BCUT2D eigenvalue weighted by Crippen LogP contribution is 2.02. The first-order chi connectivity index (χ1) is 7.68. The maximum atomic E-state index is 12.6. The van der Waals surface area contributed by atoms with Crippen LogP contribution in [0.5, 0.6) is 0 Å². The predicted octanol–water partition coefficient (Wildman–Crippen LogP) is 1.60. The number of hydrogen-bond donors (Lipinski definition) is 2. The fourth-order valence-electron chi connectivity index (χ4n) is 1.23. The number of halogens is 1. The summed E-state index contributed by atoms with van der Waals surface area (Å²) in [5.41, 5.74) is 1.05. The molecule has 0 saturated heterocycles. The van der Waals surface area contributed by atoms with E-state index in [-0.39, 0.29) is 5.82 Å². The van der Waals surface area contributed by atoms with Crippen molar-refractivity contribution in [3.8, 4) is 0 Å². The predicted molar refractivity (Wildman–Crippen MR) is 59.7 cm³/mol. The fraction of sp³-hybridized carbons (Fsp3) is 0.250. The minimum Gasteiger partial charge on any atom is -0.478 e. The van der Waals surface area contributed by atoms with Gasteiger partial charge in [-0.05, 0) is 30.7 Å². The second-order valence-corrected chi connectivity index (χ2v) is 3.32. The van der Waals surface area contributed by atoms with Crippen molar-refractivity contribution >= 4 is 5.97 Å². The molecule has 16 heavy (non-hydrogen) atoms. The van der Waals surface area contributed by atoms with E-state index in [1.54, 1.807) is 18.2 Å². The molecular formula is C12H14FNO2. The van der Waals surface area contributed by atoms with Gasteiger partial charge in [0.2, 0.25) is 0 Å². The van der Waals surface area contributed by atoms with Crippen LogP contribution in [0.1, 0.15) is 5.56 Å². The third-order valence-corrected chi connectivity index (χ3v) is 2.03. The molecule has 2 N–H and O–H groups in total. The Bertz CT molecular complexity index is 360. The van der Waals surface area contributed by atoms with Gasteiger partial charge >= 0.3 is 5.97 Å². The summed E-state index contributed by atoms with van der Waals surface area (Å²) in [5, 5.41) is 11.4. The molecule has 0 saturated carbocycles. The molecule has 0 amide bonds. The summed E-state index contributed by atoms with van der Waals surface area (Å²) in [5.74, 6) is -1.18. The van der Waals surface area contributed by atoms with E-state index in [4.69, 9.17) is 5.11 Å². The van der Waals surface area contributed by atoms with Gasteiger partial charge in [-0.2, -0.15) is 0 Å². The Morgan fingerprint density at radius 2 is 2.06 bits per heavy atom. The third-order valence-electron chi connectivity index (χ3n) is 2.03. The van der Waals surface area contributed by atoms with Gasteiger partial charge in [0.05, 0.1) is 0 Å². The van der Waals surface area contributed by atoms with E-state index < -0.39 is 5.97 Å². The van der Waals surface area contributed by atoms with Crippen LogP contribution in [0, 0.1) is 5.82 Å². The molecule has 0 unspecified atom stereocenters. The Kier molecular flexibility index (Phi) is 5.22. The van der Waals surface area contributed by atoms with Crippen molar-refractivity contribution in [2.24, 2.45) is 0 Å². The second kappa shape index (κ2) is 6.74. The maximum Gasteiger partial charge on any atom is 0.328 e. The molecular weight excluding hydrogens is 209 g/mol. The standard InChI is InChI=1S/C12H14FNO2/c13-11-5-3-10(4-6-11)7-9-14-8-1-2-12(15)16/h1-6,14H,7-9H2,(H,15,16)/b2-1+. The van der Waals surface area contributed by atoms with E-state index in [2.05, 4.69) is 5.32 Å². The summed E-state index contributed by atoms with van der Waals surface area (Å²) in [4.78, 5) is 10.1. The van der Waals surface area contributed by atoms with E-state index in [1.165, 1.54) is 12.1 Å². The van der Waals surface area contributed by atoms with Crippen molar-refractivity contribution in [1.29, 1.82) is 0 Å². The van der Waals surface area contributed by atoms with Crippen molar-refractivity contribution in [3.63, 3.8) is 0 Å². The van der Waals surface area contributed by atoms with Gasteiger partial charge in [0.25, 0.3) is 0 Å². The first-order valence-corrected chi connectivity index (χ1v) is 5.03. The Hall–Kier alpha value is -1.68. The molecule has 0 aromatic heterocycles. The number of aliphatic carboxylic acids is 1. The molecule has 0 atom stereocenters. The van der Waals surface area contributed by atoms with E-state index in [9.17, 15) is 9.18 Å². The average molecular weight is 223 g/mol. The lowest BCUT2D eigenvalue weighted by Gasteiger charge is -2.01. The van der Waals surface area contributed by atoms with Crippen molar-refractivity contribution in [2.75, 3.05) is 13.1 Å². The molecule has 4 heteroatoms. The van der Waals surface area contributed by atoms with Crippen LogP contribution in [0.25, 0.3) is 0 Å². The molecule has 86 valence electrons. The molecule has 1 aromatic carbocycles. The van der Waals surface area contributed by atoms with Crippen LogP contribution in [0.2, 0.25) is 0 Å². The number of nitrogens with one attached hydrogen (secondary N) is 1. The summed E-state index contributed by atoms with van der Waals surface area (Å²) < 4.78 is 12.6. The molecule has 0 heterocycles. The molecule has 0 aliphatic carbocycles. The van der Waals surface area contributed by atoms with E-state index in [0.717, 1.165) is 24.6 Å². The fourth-order valence-corrected chi connectivity index (χ4v) is 1.23. The minimum atomic E-state index is -0.944. The largest absolute Gasteiger partial charge is 0.478 e. The molecule has 1 rings (SSSR count). The highest BCUT2D eigenvalue weighted by atomic mass is 19.1. The summed E-state index contributed by atoms with van der Waals surface area (Å²) >= 11 is 0. The van der Waals surface area contributed by atoms with Crippen LogP contribution < -0.4 is 5.32 Å². The number of carbonyl (C=O) groups is 1. The lowest BCUT2D eigenvalue weighted by molar-refractivity contribution is -0.131. The molecule has 0 fully saturated rings. The molecule has 0 aliphatic rings. The lowest BCUT2D eigenvalue weighted by atomic mass is 10.1. The van der Waals surface area contributed by atoms with Crippen LogP contribution in [-0.4, -0.2) is 24.2 Å². The Labute approximate surface area is 93.6 Å². The molecule has 0 spiro atoms. The van der Waals surface area contributed by atoms with Crippen molar-refractivity contribution in [2.45, 2.75) is 6.42 Å². The van der Waals surface area contributed by atoms with Crippen LogP contribution in [0.3, 0.4) is 0 Å². The Balaban J connectivity index is 2.16. The van der Waals surface area contributed by atoms with Gasteiger partial charge in [0.1, 0.15) is 5.82 Å². The monoisotopic (exact) mass is 223 g/mol. The quantitative estimate of drug-likeness (QED) is 0.569. The number of hydrogen-bond acceptors (Lipinski definition) is 2. The zero-order valence-corrected chi connectivity index (χ0v) is 8.82. The van der Waals surface area contributed by atoms with Crippen LogP contribution >= 0.6 is 0 Å². The third kappa shape index (κ3) is 5.26. The number of benzene rings is 1. The van der Waals surface area contributed by atoms with E-state index >= 15 is 0 Å². The number of rotatable bonds is 6. The number of carboxylic acids is 1. The highest BCUT2D eigenvalue weighted by molar-refractivity contribution is 5.79. The topological polar surface area (TPSA) is 49.3 Å². The van der Waals surface area contributed by atoms with Gasteiger partial charge in [-0.15, -0.1) is 0 Å². The molecule has 1 aromatic rings.